The number of ether oxygens (including phenoxy) is 2. The Balaban J connectivity index is 0.00000461. The van der Waals surface area contributed by atoms with Crippen molar-refractivity contribution in [1.29, 1.82) is 0 Å². The fraction of sp³-hybridized carbons (Fsp3) is 0.344. The summed E-state index contributed by atoms with van der Waals surface area (Å²) < 4.78 is 15.2. The fourth-order valence-corrected chi connectivity index (χ4v) is 6.47. The van der Waals surface area contributed by atoms with Gasteiger partial charge in [-0.25, -0.2) is 9.59 Å². The van der Waals surface area contributed by atoms with Gasteiger partial charge in [0.05, 0.1) is 13.1 Å². The molecule has 2 atom stereocenters. The summed E-state index contributed by atoms with van der Waals surface area (Å²) in [6, 6.07) is 19.7. The van der Waals surface area contributed by atoms with Gasteiger partial charge in [0.2, 0.25) is 5.91 Å². The summed E-state index contributed by atoms with van der Waals surface area (Å²) in [4.78, 5) is 53.3. The van der Waals surface area contributed by atoms with Gasteiger partial charge in [0.1, 0.15) is 22.7 Å². The number of thioether (sulfide) groups is 1. The molecule has 3 aromatic rings. The number of benzene rings is 2. The summed E-state index contributed by atoms with van der Waals surface area (Å²) in [6.07, 6.45) is 0.375. The van der Waals surface area contributed by atoms with E-state index in [9.17, 15) is 19.2 Å². The number of halogens is 1. The Kier molecular flexibility index (Phi) is 10.6. The number of aromatic nitrogens is 2. The molecule has 1 aromatic heterocycles. The largest absolute Gasteiger partial charge is 1.00 e. The first-order valence-corrected chi connectivity index (χ1v) is 15.3. The van der Waals surface area contributed by atoms with Gasteiger partial charge < -0.3 is 44.1 Å². The first-order valence-electron chi connectivity index (χ1n) is 14.2. The van der Waals surface area contributed by atoms with Crippen molar-refractivity contribution in [3.05, 3.63) is 95.3 Å². The highest BCUT2D eigenvalue weighted by Gasteiger charge is 2.55. The number of esters is 1. The van der Waals surface area contributed by atoms with Gasteiger partial charge in [-0.15, -0.1) is 21.1 Å². The Bertz CT molecular complexity index is 1570. The van der Waals surface area contributed by atoms with Crippen LogP contribution in [0.4, 0.5) is 10.6 Å². The number of alkyl carbamates (subject to hydrolysis) is 1. The van der Waals surface area contributed by atoms with E-state index in [1.54, 1.807) is 44.8 Å². The summed E-state index contributed by atoms with van der Waals surface area (Å²) in [5, 5.41) is 4.93. The molecule has 2 aliphatic heterocycles. The number of nitrogens with zero attached hydrogens (tertiary/aromatic N) is 3. The smallest absolute Gasteiger partial charge is 0.408 e. The van der Waals surface area contributed by atoms with Gasteiger partial charge in [-0.05, 0) is 31.9 Å². The molecule has 238 valence electrons. The minimum Gasteiger partial charge on any atom is -1.00 e. The molecule has 2 aliphatic rings. The number of rotatable bonds is 8. The van der Waals surface area contributed by atoms with Gasteiger partial charge >= 0.3 is 12.1 Å². The van der Waals surface area contributed by atoms with Gasteiger partial charge in [-0.2, -0.15) is 0 Å². The van der Waals surface area contributed by atoms with Crippen molar-refractivity contribution in [2.24, 2.45) is 7.05 Å². The first kappa shape index (κ1) is 34.0. The Morgan fingerprint density at radius 1 is 1.02 bits per heavy atom. The third-order valence-electron chi connectivity index (χ3n) is 7.14. The van der Waals surface area contributed by atoms with Crippen LogP contribution in [0.5, 0.6) is 0 Å². The van der Waals surface area contributed by atoms with Gasteiger partial charge in [-0.1, -0.05) is 60.7 Å². The van der Waals surface area contributed by atoms with Gasteiger partial charge in [0.15, 0.2) is 24.7 Å². The summed E-state index contributed by atoms with van der Waals surface area (Å²) in [5.41, 5.74) is 1.65. The second-order valence-electron chi connectivity index (χ2n) is 11.6. The van der Waals surface area contributed by atoms with Crippen LogP contribution in [0.1, 0.15) is 44.9 Å². The molecule has 1 fully saturated rings. The number of hydrogen-bond acceptors (Lipinski definition) is 7. The number of carbonyl (C=O) groups excluding carboxylic acids is 4. The molecule has 1 saturated heterocycles. The minimum absolute atomic E-state index is 0. The average Bonchev–Trinajstić information content (AvgIpc) is 3.31. The number of hydrogen-bond donors (Lipinski definition) is 2. The molecule has 45 heavy (non-hydrogen) atoms. The van der Waals surface area contributed by atoms with Crippen LogP contribution in [0.2, 0.25) is 0 Å². The van der Waals surface area contributed by atoms with Crippen LogP contribution in [0.3, 0.4) is 0 Å². The van der Waals surface area contributed by atoms with Crippen LogP contribution in [0, 0.1) is 0 Å². The Hall–Kier alpha value is -3.85. The Morgan fingerprint density at radius 2 is 1.62 bits per heavy atom. The molecule has 0 bridgehead atoms. The van der Waals surface area contributed by atoms with E-state index in [1.165, 1.54) is 23.6 Å². The van der Waals surface area contributed by atoms with Crippen molar-refractivity contribution in [2.45, 2.75) is 57.4 Å². The maximum Gasteiger partial charge on any atom is 0.408 e. The number of nitrogens with one attached hydrogen (secondary N) is 2. The molecule has 3 amide bonds. The van der Waals surface area contributed by atoms with Gasteiger partial charge in [0, 0.05) is 18.2 Å². The normalized spacial score (nSPS) is 17.6. The molecule has 0 spiro atoms. The molecular weight excluding hydrogens is 709 g/mol. The second kappa shape index (κ2) is 14.1. The third kappa shape index (κ3) is 7.69. The molecule has 3 heterocycles. The maximum absolute atomic E-state index is 14.2. The zero-order valence-electron chi connectivity index (χ0n) is 25.7. The van der Waals surface area contributed by atoms with Crippen LogP contribution < -0.4 is 39.3 Å². The van der Waals surface area contributed by atoms with Crippen LogP contribution in [-0.4, -0.2) is 56.2 Å². The van der Waals surface area contributed by atoms with E-state index >= 15 is 0 Å². The quantitative estimate of drug-likeness (QED) is 0.151. The van der Waals surface area contributed by atoms with Crippen molar-refractivity contribution in [1.82, 2.24) is 14.9 Å². The van der Waals surface area contributed by atoms with E-state index in [0.29, 0.717) is 17.1 Å². The highest BCUT2D eigenvalue weighted by molar-refractivity contribution is 8.00. The summed E-state index contributed by atoms with van der Waals surface area (Å²) in [5.74, 6) is -0.299. The molecule has 0 radical (unpaired) electrons. The van der Waals surface area contributed by atoms with Crippen molar-refractivity contribution >= 4 is 41.5 Å². The van der Waals surface area contributed by atoms with Crippen LogP contribution >= 0.6 is 11.8 Å². The Morgan fingerprint density at radius 3 is 2.18 bits per heavy atom. The van der Waals surface area contributed by atoms with Crippen molar-refractivity contribution < 1.29 is 57.3 Å². The number of β-lactam (4-membered cyclic amide) rings is 1. The summed E-state index contributed by atoms with van der Waals surface area (Å²) in [7, 11) is 1.79. The maximum atomic E-state index is 14.2. The highest BCUT2D eigenvalue weighted by atomic mass is 127. The Labute approximate surface area is 283 Å². The molecule has 0 unspecified atom stereocenters. The lowest BCUT2D eigenvalue weighted by molar-refractivity contribution is -0.765. The molecule has 0 saturated carbocycles. The molecule has 11 nitrogen and oxygen atoms in total. The lowest BCUT2D eigenvalue weighted by Crippen LogP contribution is -3.00. The lowest BCUT2D eigenvalue weighted by Gasteiger charge is -2.49. The predicted molar refractivity (Wildman–Crippen MR) is 164 cm³/mol. The molecule has 5 rings (SSSR count). The average molecular weight is 746 g/mol. The molecule has 2 N–H and O–H groups in total. The highest BCUT2D eigenvalue weighted by Crippen LogP contribution is 2.42. The van der Waals surface area contributed by atoms with Crippen molar-refractivity contribution in [3.8, 4) is 0 Å². The van der Waals surface area contributed by atoms with Gasteiger partial charge in [-0.3, -0.25) is 14.5 Å². The van der Waals surface area contributed by atoms with E-state index in [0.717, 1.165) is 11.1 Å². The SMILES string of the molecule is CC(=O)Nc1cc[n+](CC2=C(C(=O)OC(c3ccccc3)c3ccccc3)N3C(=O)[C@@H](NC(=O)OC(C)(C)C)[C@H]3SC2)n1C.[I-]. The van der Waals surface area contributed by atoms with Crippen LogP contribution in [0.25, 0.3) is 0 Å². The zero-order chi connectivity index (χ0) is 31.6. The summed E-state index contributed by atoms with van der Waals surface area (Å²) in [6.45, 7) is 6.92. The molecule has 2 aromatic carbocycles. The monoisotopic (exact) mass is 745 g/mol. The number of fused-ring (bicyclic) bond motifs is 1. The topological polar surface area (TPSA) is 123 Å². The summed E-state index contributed by atoms with van der Waals surface area (Å²) >= 11 is 1.45. The van der Waals surface area contributed by atoms with Crippen LogP contribution in [0.15, 0.2) is 84.2 Å². The molecule has 0 aliphatic carbocycles. The molecular formula is C32H36IN5O6S. The zero-order valence-corrected chi connectivity index (χ0v) is 28.6. The molecule has 13 heteroatoms. The number of anilines is 1. The predicted octanol–water partition coefficient (Wildman–Crippen LogP) is 0.670. The van der Waals surface area contributed by atoms with E-state index in [-0.39, 0.29) is 42.1 Å². The minimum atomic E-state index is -0.854. The standard InChI is InChI=1S/C32H35N5O6S.HI/c1-20(38)33-24-16-17-36(35(24)5)18-23-19-44-29-25(34-31(41)43-32(2,3)4)28(39)37(29)26(23)30(40)42-27(21-12-8-6-9-13-21)22-14-10-7-11-15-22;/h6-17,25,27,29H,18-19H2,1-5H3,(H,34,41);1H/t25-,29-;/m1./s1. The van der Waals surface area contributed by atoms with E-state index in [4.69, 9.17) is 9.47 Å². The fourth-order valence-electron chi connectivity index (χ4n) is 5.13. The van der Waals surface area contributed by atoms with Gasteiger partial charge in [0.25, 0.3) is 5.91 Å². The van der Waals surface area contributed by atoms with E-state index < -0.39 is 41.1 Å². The number of amides is 3. The van der Waals surface area contributed by atoms with E-state index in [2.05, 4.69) is 10.6 Å². The third-order valence-corrected chi connectivity index (χ3v) is 8.48. The van der Waals surface area contributed by atoms with Crippen molar-refractivity contribution in [2.75, 3.05) is 11.1 Å². The lowest BCUT2D eigenvalue weighted by atomic mass is 10.0. The second-order valence-corrected chi connectivity index (χ2v) is 12.7. The number of carbonyl (C=O) groups is 4. The van der Waals surface area contributed by atoms with Crippen molar-refractivity contribution in [3.63, 3.8) is 0 Å². The first-order chi connectivity index (χ1) is 20.9. The van der Waals surface area contributed by atoms with E-state index in [1.807, 2.05) is 65.3 Å². The van der Waals surface area contributed by atoms with Crippen LogP contribution in [-0.2, 0) is 37.4 Å².